The summed E-state index contributed by atoms with van der Waals surface area (Å²) in [5, 5.41) is 7.29. The zero-order chi connectivity index (χ0) is 20.3. The Balaban J connectivity index is 1.57. The first-order valence-corrected chi connectivity index (χ1v) is 11.0. The van der Waals surface area contributed by atoms with Crippen molar-refractivity contribution in [1.82, 2.24) is 24.4 Å². The molecule has 3 heterocycles. The van der Waals surface area contributed by atoms with Crippen LogP contribution in [0.2, 0.25) is 5.15 Å². The van der Waals surface area contributed by atoms with E-state index in [-0.39, 0.29) is 35.0 Å². The maximum atomic E-state index is 12.8. The Morgan fingerprint density at radius 2 is 2.07 bits per heavy atom. The van der Waals surface area contributed by atoms with Gasteiger partial charge >= 0.3 is 0 Å². The zero-order valence-electron chi connectivity index (χ0n) is 15.9. The van der Waals surface area contributed by atoms with Crippen LogP contribution in [0.4, 0.5) is 0 Å². The number of aromatic nitrogens is 3. The molecule has 1 amide bonds. The molecule has 2 aromatic heterocycles. The van der Waals surface area contributed by atoms with E-state index in [2.05, 4.69) is 15.4 Å². The fourth-order valence-corrected chi connectivity index (χ4v) is 5.31. The summed E-state index contributed by atoms with van der Waals surface area (Å²) in [5.74, 6) is -0.264. The van der Waals surface area contributed by atoms with E-state index in [1.807, 2.05) is 20.2 Å². The molecule has 1 aliphatic rings. The first kappa shape index (κ1) is 20.8. The molecule has 0 atom stereocenters. The number of hydrogen-bond donors (Lipinski definition) is 1. The molecule has 0 unspecified atom stereocenters. The molecule has 1 aliphatic heterocycles. The van der Waals surface area contributed by atoms with Crippen molar-refractivity contribution in [2.24, 2.45) is 13.0 Å². The maximum absolute atomic E-state index is 12.8. The zero-order valence-corrected chi connectivity index (χ0v) is 17.5. The number of amides is 1. The lowest BCUT2D eigenvalue weighted by molar-refractivity contribution is -0.126. The normalized spacial score (nSPS) is 16.2. The second-order valence-electron chi connectivity index (χ2n) is 6.82. The van der Waals surface area contributed by atoms with Gasteiger partial charge in [0.1, 0.15) is 10.0 Å². The molecular weight excluding hydrogens is 402 g/mol. The molecule has 28 heavy (non-hydrogen) atoms. The van der Waals surface area contributed by atoms with Crippen LogP contribution in [-0.4, -0.2) is 46.5 Å². The lowest BCUT2D eigenvalue weighted by Crippen LogP contribution is -2.43. The number of nitrogens with zero attached hydrogens (tertiary/aromatic N) is 4. The summed E-state index contributed by atoms with van der Waals surface area (Å²) in [4.78, 5) is 16.4. The number of hydrogen-bond acceptors (Lipinski definition) is 5. The average Bonchev–Trinajstić information content (AvgIpc) is 3.06. The fraction of sp³-hybridized carbons (Fsp3) is 0.500. The summed E-state index contributed by atoms with van der Waals surface area (Å²) in [6.45, 7) is 3.01. The highest BCUT2D eigenvalue weighted by Gasteiger charge is 2.33. The minimum atomic E-state index is -3.71. The molecule has 0 aliphatic carbocycles. The van der Waals surface area contributed by atoms with Crippen LogP contribution in [0.1, 0.15) is 31.0 Å². The summed E-state index contributed by atoms with van der Waals surface area (Å²) in [6, 6.07) is 2.99. The van der Waals surface area contributed by atoms with Crippen LogP contribution in [-0.2, 0) is 34.8 Å². The third-order valence-electron chi connectivity index (χ3n) is 4.95. The molecule has 152 valence electrons. The molecule has 1 N–H and O–H groups in total. The molecule has 3 rings (SSSR count). The van der Waals surface area contributed by atoms with Gasteiger partial charge in [0.15, 0.2) is 0 Å². The molecule has 0 saturated carbocycles. The van der Waals surface area contributed by atoms with Gasteiger partial charge in [-0.1, -0.05) is 18.5 Å². The SMILES string of the molecule is CCc1nn(C)cc1CNC(=O)C1CCN(S(=O)(=O)c2cccnc2Cl)CC1. The van der Waals surface area contributed by atoms with Crippen molar-refractivity contribution in [2.75, 3.05) is 13.1 Å². The summed E-state index contributed by atoms with van der Waals surface area (Å²) < 4.78 is 28.6. The van der Waals surface area contributed by atoms with E-state index in [0.29, 0.717) is 19.4 Å². The van der Waals surface area contributed by atoms with Crippen LogP contribution in [0, 0.1) is 5.92 Å². The lowest BCUT2D eigenvalue weighted by atomic mass is 9.97. The van der Waals surface area contributed by atoms with Gasteiger partial charge in [-0.3, -0.25) is 9.48 Å². The predicted molar refractivity (Wildman–Crippen MR) is 105 cm³/mol. The quantitative estimate of drug-likeness (QED) is 0.711. The van der Waals surface area contributed by atoms with Gasteiger partial charge in [0, 0.05) is 50.6 Å². The molecular formula is C18H24ClN5O3S. The molecule has 0 bridgehead atoms. The van der Waals surface area contributed by atoms with Crippen molar-refractivity contribution in [3.63, 3.8) is 0 Å². The van der Waals surface area contributed by atoms with Crippen LogP contribution in [0.5, 0.6) is 0 Å². The summed E-state index contributed by atoms with van der Waals surface area (Å²) in [5.41, 5.74) is 1.97. The molecule has 0 radical (unpaired) electrons. The van der Waals surface area contributed by atoms with E-state index in [1.54, 1.807) is 10.7 Å². The third kappa shape index (κ3) is 4.37. The first-order chi connectivity index (χ1) is 13.3. The highest BCUT2D eigenvalue weighted by molar-refractivity contribution is 7.89. The largest absolute Gasteiger partial charge is 0.352 e. The van der Waals surface area contributed by atoms with Gasteiger partial charge in [-0.2, -0.15) is 9.40 Å². The number of sulfonamides is 1. The van der Waals surface area contributed by atoms with Gasteiger partial charge in [0.2, 0.25) is 15.9 Å². The Hall–Kier alpha value is -1.97. The highest BCUT2D eigenvalue weighted by Crippen LogP contribution is 2.27. The third-order valence-corrected chi connectivity index (χ3v) is 7.29. The van der Waals surface area contributed by atoms with Crippen molar-refractivity contribution in [3.8, 4) is 0 Å². The number of carbonyl (C=O) groups is 1. The number of carbonyl (C=O) groups excluding carboxylic acids is 1. The minimum Gasteiger partial charge on any atom is -0.352 e. The Morgan fingerprint density at radius 1 is 1.36 bits per heavy atom. The second kappa shape index (κ2) is 8.59. The Morgan fingerprint density at radius 3 is 2.71 bits per heavy atom. The van der Waals surface area contributed by atoms with E-state index in [1.165, 1.54) is 16.6 Å². The summed E-state index contributed by atoms with van der Waals surface area (Å²) in [7, 11) is -1.85. The smallest absolute Gasteiger partial charge is 0.246 e. The van der Waals surface area contributed by atoms with Crippen molar-refractivity contribution in [3.05, 3.63) is 40.9 Å². The summed E-state index contributed by atoms with van der Waals surface area (Å²) in [6.07, 6.45) is 5.10. The van der Waals surface area contributed by atoms with Gasteiger partial charge in [-0.15, -0.1) is 0 Å². The van der Waals surface area contributed by atoms with Gasteiger partial charge in [-0.05, 0) is 31.4 Å². The van der Waals surface area contributed by atoms with Gasteiger partial charge in [0.05, 0.1) is 5.69 Å². The maximum Gasteiger partial charge on any atom is 0.246 e. The van der Waals surface area contributed by atoms with Crippen LogP contribution < -0.4 is 5.32 Å². The van der Waals surface area contributed by atoms with E-state index >= 15 is 0 Å². The van der Waals surface area contributed by atoms with Gasteiger partial charge in [-0.25, -0.2) is 13.4 Å². The highest BCUT2D eigenvalue weighted by atomic mass is 35.5. The first-order valence-electron chi connectivity index (χ1n) is 9.22. The average molecular weight is 426 g/mol. The number of piperidine rings is 1. The van der Waals surface area contributed by atoms with Crippen LogP contribution in [0.3, 0.4) is 0 Å². The van der Waals surface area contributed by atoms with E-state index in [0.717, 1.165) is 17.7 Å². The molecule has 1 saturated heterocycles. The predicted octanol–water partition coefficient (Wildman–Crippen LogP) is 1.75. The minimum absolute atomic E-state index is 0.00300. The van der Waals surface area contributed by atoms with Crippen molar-refractivity contribution < 1.29 is 13.2 Å². The topological polar surface area (TPSA) is 97.2 Å². The molecule has 10 heteroatoms. The Bertz CT molecular complexity index is 952. The molecule has 2 aromatic rings. The van der Waals surface area contributed by atoms with Gasteiger partial charge < -0.3 is 5.32 Å². The van der Waals surface area contributed by atoms with Gasteiger partial charge in [0.25, 0.3) is 0 Å². The number of pyridine rings is 1. The monoisotopic (exact) mass is 425 g/mol. The molecule has 0 spiro atoms. The Kier molecular flexibility index (Phi) is 6.36. The van der Waals surface area contributed by atoms with Crippen LogP contribution >= 0.6 is 11.6 Å². The van der Waals surface area contributed by atoms with Crippen molar-refractivity contribution in [2.45, 2.75) is 37.6 Å². The van der Waals surface area contributed by atoms with Crippen molar-refractivity contribution in [1.29, 1.82) is 0 Å². The number of nitrogens with one attached hydrogen (secondary N) is 1. The number of rotatable bonds is 6. The molecule has 0 aromatic carbocycles. The van der Waals surface area contributed by atoms with E-state index in [4.69, 9.17) is 11.6 Å². The number of aryl methyl sites for hydroxylation is 2. The fourth-order valence-electron chi connectivity index (χ4n) is 3.42. The second-order valence-corrected chi connectivity index (χ2v) is 9.08. The van der Waals surface area contributed by atoms with Crippen LogP contribution in [0.25, 0.3) is 0 Å². The standard InChI is InChI=1S/C18H24ClN5O3S/c1-3-15-14(12-23(2)22-15)11-21-18(25)13-6-9-24(10-7-13)28(26,27)16-5-4-8-20-17(16)19/h4-5,8,12-13H,3,6-7,9-11H2,1-2H3,(H,21,25). The Labute approximate surface area is 169 Å². The van der Waals surface area contributed by atoms with Crippen LogP contribution in [0.15, 0.2) is 29.4 Å². The molecule has 8 nitrogen and oxygen atoms in total. The van der Waals surface area contributed by atoms with E-state index in [9.17, 15) is 13.2 Å². The van der Waals surface area contributed by atoms with Crippen molar-refractivity contribution >= 4 is 27.5 Å². The molecule has 1 fully saturated rings. The lowest BCUT2D eigenvalue weighted by Gasteiger charge is -2.30. The van der Waals surface area contributed by atoms with E-state index < -0.39 is 10.0 Å². The number of halogens is 1. The summed E-state index contributed by atoms with van der Waals surface area (Å²) >= 11 is 5.95.